The molecule has 1 atom stereocenters. The van der Waals surface area contributed by atoms with Crippen molar-refractivity contribution in [3.05, 3.63) is 45.6 Å². The third kappa shape index (κ3) is 5.69. The third-order valence-electron chi connectivity index (χ3n) is 3.76. The van der Waals surface area contributed by atoms with Crippen molar-refractivity contribution < 1.29 is 9.59 Å². The molecule has 0 saturated carbocycles. The van der Waals surface area contributed by atoms with E-state index in [1.165, 1.54) is 23.1 Å². The second-order valence-electron chi connectivity index (χ2n) is 5.90. The van der Waals surface area contributed by atoms with E-state index < -0.39 is 5.25 Å². The molecule has 0 unspecified atom stereocenters. The molecule has 3 rings (SSSR count). The standard InChI is InChI=1S/C17H16Cl2N6O2S2/c1-9(15(27)22-16-20-5-6-28-16)29-17-24-23-13(25(17)2)8-14(26)21-10-3-4-11(18)12(19)7-10/h3-7,9H,8H2,1-2H3,(H,21,26)(H,20,22,27)/t9-/m0/s1. The Kier molecular flexibility index (Phi) is 7.12. The number of aromatic nitrogens is 4. The van der Waals surface area contributed by atoms with E-state index in [9.17, 15) is 9.59 Å². The average Bonchev–Trinajstić information content (AvgIpc) is 3.30. The van der Waals surface area contributed by atoms with E-state index in [4.69, 9.17) is 23.2 Å². The Bertz CT molecular complexity index is 1030. The maximum Gasteiger partial charge on any atom is 0.239 e. The summed E-state index contributed by atoms with van der Waals surface area (Å²) in [5, 5.41) is 16.8. The minimum Gasteiger partial charge on any atom is -0.326 e. The Morgan fingerprint density at radius 3 is 2.72 bits per heavy atom. The number of hydrogen-bond acceptors (Lipinski definition) is 7. The number of rotatable bonds is 7. The van der Waals surface area contributed by atoms with Crippen molar-refractivity contribution in [2.45, 2.75) is 23.8 Å². The number of halogens is 2. The Labute approximate surface area is 185 Å². The molecule has 0 spiro atoms. The molecule has 2 N–H and O–H groups in total. The molecule has 1 aromatic carbocycles. The molecule has 2 heterocycles. The van der Waals surface area contributed by atoms with Crippen LogP contribution in [0, 0.1) is 0 Å². The number of hydrogen-bond donors (Lipinski definition) is 2. The zero-order chi connectivity index (χ0) is 21.0. The lowest BCUT2D eigenvalue weighted by Gasteiger charge is -2.10. The van der Waals surface area contributed by atoms with Crippen molar-refractivity contribution in [1.82, 2.24) is 19.7 Å². The summed E-state index contributed by atoms with van der Waals surface area (Å²) in [5.74, 6) is 0.00875. The molecule has 12 heteroatoms. The first-order valence-corrected chi connectivity index (χ1v) is 10.8. The number of nitrogens with zero attached hydrogens (tertiary/aromatic N) is 4. The summed E-state index contributed by atoms with van der Waals surface area (Å²) in [5.41, 5.74) is 0.536. The average molecular weight is 471 g/mol. The fourth-order valence-electron chi connectivity index (χ4n) is 2.23. The van der Waals surface area contributed by atoms with Crippen LogP contribution in [0.2, 0.25) is 10.0 Å². The molecule has 29 heavy (non-hydrogen) atoms. The normalized spacial score (nSPS) is 11.9. The topological polar surface area (TPSA) is 102 Å². The van der Waals surface area contributed by atoms with Crippen molar-refractivity contribution in [2.75, 3.05) is 10.6 Å². The highest BCUT2D eigenvalue weighted by molar-refractivity contribution is 8.00. The lowest BCUT2D eigenvalue weighted by Crippen LogP contribution is -2.22. The first-order valence-electron chi connectivity index (χ1n) is 8.33. The molecule has 8 nitrogen and oxygen atoms in total. The molecule has 0 radical (unpaired) electrons. The smallest absolute Gasteiger partial charge is 0.239 e. The minimum absolute atomic E-state index is 0.0179. The number of thioether (sulfide) groups is 1. The Morgan fingerprint density at radius 2 is 2.03 bits per heavy atom. The van der Waals surface area contributed by atoms with Crippen molar-refractivity contribution in [1.29, 1.82) is 0 Å². The lowest BCUT2D eigenvalue weighted by atomic mass is 10.3. The number of benzene rings is 1. The highest BCUT2D eigenvalue weighted by Crippen LogP contribution is 2.26. The zero-order valence-electron chi connectivity index (χ0n) is 15.3. The third-order valence-corrected chi connectivity index (χ3v) is 6.32. The van der Waals surface area contributed by atoms with Gasteiger partial charge in [-0.05, 0) is 25.1 Å². The number of nitrogens with one attached hydrogen (secondary N) is 2. The van der Waals surface area contributed by atoms with Gasteiger partial charge in [0.2, 0.25) is 11.8 Å². The Balaban J connectivity index is 1.58. The molecule has 0 aliphatic rings. The molecule has 2 amide bonds. The van der Waals surface area contributed by atoms with E-state index in [0.717, 1.165) is 0 Å². The van der Waals surface area contributed by atoms with Gasteiger partial charge in [-0.2, -0.15) is 0 Å². The number of anilines is 2. The van der Waals surface area contributed by atoms with Crippen LogP contribution >= 0.6 is 46.3 Å². The van der Waals surface area contributed by atoms with Gasteiger partial charge in [-0.1, -0.05) is 35.0 Å². The van der Waals surface area contributed by atoms with Crippen LogP contribution in [0.5, 0.6) is 0 Å². The largest absolute Gasteiger partial charge is 0.326 e. The van der Waals surface area contributed by atoms with E-state index in [0.29, 0.717) is 31.8 Å². The van der Waals surface area contributed by atoms with Crippen LogP contribution in [-0.4, -0.2) is 36.8 Å². The summed E-state index contributed by atoms with van der Waals surface area (Å²) in [6.07, 6.45) is 1.64. The second-order valence-corrected chi connectivity index (χ2v) is 8.92. The van der Waals surface area contributed by atoms with Gasteiger partial charge >= 0.3 is 0 Å². The fraction of sp³-hybridized carbons (Fsp3) is 0.235. The second kappa shape index (κ2) is 9.57. The molecule has 0 fully saturated rings. The molecule has 152 valence electrons. The molecule has 3 aromatic rings. The molecule has 0 aliphatic heterocycles. The quantitative estimate of drug-likeness (QED) is 0.507. The predicted molar refractivity (Wildman–Crippen MR) is 116 cm³/mol. The van der Waals surface area contributed by atoms with E-state index in [1.54, 1.807) is 48.3 Å². The van der Waals surface area contributed by atoms with Gasteiger partial charge in [0.05, 0.1) is 21.7 Å². The van der Waals surface area contributed by atoms with Gasteiger partial charge in [-0.3, -0.25) is 9.59 Å². The van der Waals surface area contributed by atoms with E-state index in [-0.39, 0.29) is 18.2 Å². The zero-order valence-corrected chi connectivity index (χ0v) is 18.5. The van der Waals surface area contributed by atoms with Gasteiger partial charge in [-0.25, -0.2) is 4.98 Å². The summed E-state index contributed by atoms with van der Waals surface area (Å²) >= 11 is 14.4. The molecule has 0 aliphatic carbocycles. The molecular formula is C17H16Cl2N6O2S2. The molecule has 0 bridgehead atoms. The van der Waals surface area contributed by atoms with Gasteiger partial charge in [0, 0.05) is 24.3 Å². The van der Waals surface area contributed by atoms with Crippen LogP contribution in [-0.2, 0) is 23.1 Å². The van der Waals surface area contributed by atoms with Crippen molar-refractivity contribution >= 4 is 68.9 Å². The molecular weight excluding hydrogens is 455 g/mol. The number of amides is 2. The van der Waals surface area contributed by atoms with Crippen LogP contribution in [0.4, 0.5) is 10.8 Å². The number of carbonyl (C=O) groups is 2. The van der Waals surface area contributed by atoms with Gasteiger partial charge in [-0.15, -0.1) is 21.5 Å². The summed E-state index contributed by atoms with van der Waals surface area (Å²) in [6.45, 7) is 1.76. The summed E-state index contributed by atoms with van der Waals surface area (Å²) in [7, 11) is 1.75. The highest BCUT2D eigenvalue weighted by Gasteiger charge is 2.20. The first-order chi connectivity index (χ1) is 13.8. The van der Waals surface area contributed by atoms with Gasteiger partial charge in [0.25, 0.3) is 0 Å². The van der Waals surface area contributed by atoms with Crippen LogP contribution in [0.1, 0.15) is 12.7 Å². The summed E-state index contributed by atoms with van der Waals surface area (Å²) < 4.78 is 1.69. The monoisotopic (exact) mass is 470 g/mol. The maximum atomic E-state index is 12.3. The molecule has 2 aromatic heterocycles. The molecule has 0 saturated heterocycles. The van der Waals surface area contributed by atoms with Crippen LogP contribution < -0.4 is 10.6 Å². The summed E-state index contributed by atoms with van der Waals surface area (Å²) in [4.78, 5) is 28.6. The van der Waals surface area contributed by atoms with Crippen molar-refractivity contribution in [2.24, 2.45) is 7.05 Å². The van der Waals surface area contributed by atoms with Crippen LogP contribution in [0.25, 0.3) is 0 Å². The fourth-order valence-corrected chi connectivity index (χ4v) is 3.89. The maximum absolute atomic E-state index is 12.3. The first kappa shape index (κ1) is 21.6. The van der Waals surface area contributed by atoms with E-state index in [2.05, 4.69) is 25.8 Å². The van der Waals surface area contributed by atoms with Gasteiger partial charge < -0.3 is 15.2 Å². The van der Waals surface area contributed by atoms with E-state index >= 15 is 0 Å². The number of carbonyl (C=O) groups excluding carboxylic acids is 2. The summed E-state index contributed by atoms with van der Waals surface area (Å²) in [6, 6.07) is 4.84. The minimum atomic E-state index is -0.417. The van der Waals surface area contributed by atoms with Gasteiger partial charge in [0.15, 0.2) is 10.3 Å². The SMILES string of the molecule is C[C@H](Sc1nnc(CC(=O)Nc2ccc(Cl)c(Cl)c2)n1C)C(=O)Nc1nccs1. The van der Waals surface area contributed by atoms with E-state index in [1.807, 2.05) is 0 Å². The predicted octanol–water partition coefficient (Wildman–Crippen LogP) is 3.88. The Hall–Kier alpha value is -2.14. The van der Waals surface area contributed by atoms with Crippen LogP contribution in [0.3, 0.4) is 0 Å². The highest BCUT2D eigenvalue weighted by atomic mass is 35.5. The van der Waals surface area contributed by atoms with Crippen molar-refractivity contribution in [3.63, 3.8) is 0 Å². The lowest BCUT2D eigenvalue weighted by molar-refractivity contribution is -0.116. The number of thiazole rings is 1. The Morgan fingerprint density at radius 1 is 1.24 bits per heavy atom. The van der Waals surface area contributed by atoms with Gasteiger partial charge in [0.1, 0.15) is 5.82 Å². The van der Waals surface area contributed by atoms with Crippen LogP contribution in [0.15, 0.2) is 34.9 Å². The van der Waals surface area contributed by atoms with Crippen molar-refractivity contribution in [3.8, 4) is 0 Å².